The van der Waals surface area contributed by atoms with Crippen molar-refractivity contribution in [2.24, 2.45) is 0 Å². The molecule has 0 atom stereocenters. The summed E-state index contributed by atoms with van der Waals surface area (Å²) in [7, 11) is 0. The van der Waals surface area contributed by atoms with Crippen LogP contribution in [-0.2, 0) is 25.5 Å². The second kappa shape index (κ2) is 19.3. The molecule has 0 unspecified atom stereocenters. The number of ether oxygens (including phenoxy) is 2. The van der Waals surface area contributed by atoms with E-state index in [1.165, 1.54) is 64.2 Å². The van der Waals surface area contributed by atoms with E-state index in [0.717, 1.165) is 22.9 Å². The predicted molar refractivity (Wildman–Crippen MR) is 130 cm³/mol. The summed E-state index contributed by atoms with van der Waals surface area (Å²) in [4.78, 5) is 23.5. The van der Waals surface area contributed by atoms with E-state index in [4.69, 9.17) is 9.47 Å². The third-order valence-electron chi connectivity index (χ3n) is 5.34. The van der Waals surface area contributed by atoms with Crippen LogP contribution >= 0.6 is 15.9 Å². The van der Waals surface area contributed by atoms with Crippen LogP contribution < -0.4 is 0 Å². The van der Waals surface area contributed by atoms with Gasteiger partial charge in [-0.2, -0.15) is 0 Å². The molecule has 0 bridgehead atoms. The average molecular weight is 498 g/mol. The number of hydrogen-bond donors (Lipinski definition) is 0. The fourth-order valence-electron chi connectivity index (χ4n) is 3.45. The van der Waals surface area contributed by atoms with Gasteiger partial charge in [-0.25, -0.2) is 0 Å². The lowest BCUT2D eigenvalue weighted by Crippen LogP contribution is -2.12. The van der Waals surface area contributed by atoms with Crippen LogP contribution in [-0.4, -0.2) is 25.2 Å². The van der Waals surface area contributed by atoms with E-state index in [2.05, 4.69) is 22.9 Å². The Kier molecular flexibility index (Phi) is 17.3. The highest BCUT2D eigenvalue weighted by molar-refractivity contribution is 9.10. The fraction of sp³-hybridized carbons (Fsp3) is 0.692. The van der Waals surface area contributed by atoms with Gasteiger partial charge in [0.2, 0.25) is 0 Å². The van der Waals surface area contributed by atoms with E-state index < -0.39 is 0 Å². The molecule has 0 aliphatic carbocycles. The number of carbonyl (C=O) groups is 2. The first-order valence-electron chi connectivity index (χ1n) is 12.2. The molecule has 1 aromatic rings. The van der Waals surface area contributed by atoms with Crippen molar-refractivity contribution < 1.29 is 19.1 Å². The molecule has 0 aliphatic heterocycles. The molecule has 1 aromatic carbocycles. The molecule has 176 valence electrons. The van der Waals surface area contributed by atoms with Crippen LogP contribution in [0.1, 0.15) is 102 Å². The molecule has 0 N–H and O–H groups in total. The number of rotatable bonds is 19. The minimum atomic E-state index is -0.350. The van der Waals surface area contributed by atoms with Gasteiger partial charge in [-0.05, 0) is 24.1 Å². The Hall–Kier alpha value is -1.36. The lowest BCUT2D eigenvalue weighted by atomic mass is 10.1. The molecule has 0 radical (unpaired) electrons. The molecule has 5 heteroatoms. The number of carbonyl (C=O) groups excluding carboxylic acids is 2. The maximum Gasteiger partial charge on any atom is 0.306 e. The van der Waals surface area contributed by atoms with E-state index in [9.17, 15) is 9.59 Å². The van der Waals surface area contributed by atoms with E-state index in [1.807, 2.05) is 24.3 Å². The third-order valence-corrected chi connectivity index (χ3v) is 5.83. The van der Waals surface area contributed by atoms with E-state index in [0.29, 0.717) is 19.6 Å². The Morgan fingerprint density at radius 2 is 1.26 bits per heavy atom. The van der Waals surface area contributed by atoms with Gasteiger partial charge < -0.3 is 9.47 Å². The lowest BCUT2D eigenvalue weighted by molar-refractivity contribution is -0.150. The topological polar surface area (TPSA) is 52.6 Å². The molecule has 0 saturated heterocycles. The van der Waals surface area contributed by atoms with Gasteiger partial charge in [-0.3, -0.25) is 9.59 Å². The van der Waals surface area contributed by atoms with Gasteiger partial charge in [0.15, 0.2) is 0 Å². The van der Waals surface area contributed by atoms with E-state index in [1.54, 1.807) is 0 Å². The van der Waals surface area contributed by atoms with Crippen molar-refractivity contribution in [1.82, 2.24) is 0 Å². The first-order chi connectivity index (χ1) is 15.1. The molecule has 0 aliphatic rings. The van der Waals surface area contributed by atoms with Crippen LogP contribution in [0.4, 0.5) is 0 Å². The Bertz CT molecular complexity index is 603. The van der Waals surface area contributed by atoms with Gasteiger partial charge in [-0.15, -0.1) is 0 Å². The van der Waals surface area contributed by atoms with E-state index in [-0.39, 0.29) is 24.8 Å². The molecule has 0 heterocycles. The minimum Gasteiger partial charge on any atom is -0.466 e. The first kappa shape index (κ1) is 27.7. The molecule has 0 amide bonds. The Balaban J connectivity index is 1.87. The normalized spacial score (nSPS) is 10.8. The molecule has 0 aromatic heterocycles. The first-order valence-corrected chi connectivity index (χ1v) is 13.0. The summed E-state index contributed by atoms with van der Waals surface area (Å²) >= 11 is 3.42. The van der Waals surface area contributed by atoms with Crippen LogP contribution in [0, 0.1) is 0 Å². The molecule has 0 saturated carbocycles. The summed E-state index contributed by atoms with van der Waals surface area (Å²) < 4.78 is 11.4. The molecule has 1 rings (SSSR count). The molecular formula is C26H41BrO4. The summed E-state index contributed by atoms with van der Waals surface area (Å²) in [6, 6.07) is 7.90. The molecule has 4 nitrogen and oxygen atoms in total. The third kappa shape index (κ3) is 16.9. The summed E-state index contributed by atoms with van der Waals surface area (Å²) in [5, 5.41) is 0. The molecular weight excluding hydrogens is 456 g/mol. The predicted octanol–water partition coefficient (Wildman–Crippen LogP) is 7.56. The summed E-state index contributed by atoms with van der Waals surface area (Å²) in [5.74, 6) is -0.663. The standard InChI is InChI=1S/C26H41BrO4/c1-2-3-4-5-6-7-8-9-10-11-12-13-20-30-25(28)17-18-26(29)31-21-19-23-15-14-16-24(27)22-23/h14-16,22H,2-13,17-21H2,1H3. The highest BCUT2D eigenvalue weighted by Gasteiger charge is 2.09. The minimum absolute atomic E-state index is 0.0791. The number of halogens is 1. The quantitative estimate of drug-likeness (QED) is 0.146. The second-order valence-corrected chi connectivity index (χ2v) is 9.13. The smallest absolute Gasteiger partial charge is 0.306 e. The summed E-state index contributed by atoms with van der Waals surface area (Å²) in [6.07, 6.45) is 16.2. The average Bonchev–Trinajstić information content (AvgIpc) is 2.75. The van der Waals surface area contributed by atoms with E-state index >= 15 is 0 Å². The van der Waals surface area contributed by atoms with Crippen LogP contribution in [0.15, 0.2) is 28.7 Å². The molecule has 0 spiro atoms. The SMILES string of the molecule is CCCCCCCCCCCCCCOC(=O)CCC(=O)OCCc1cccc(Br)c1. The van der Waals surface area contributed by atoms with Crippen molar-refractivity contribution in [2.75, 3.05) is 13.2 Å². The Labute approximate surface area is 197 Å². The highest BCUT2D eigenvalue weighted by atomic mass is 79.9. The maximum atomic E-state index is 11.8. The van der Waals surface area contributed by atoms with Crippen molar-refractivity contribution in [2.45, 2.75) is 103 Å². The monoisotopic (exact) mass is 496 g/mol. The number of benzene rings is 1. The largest absolute Gasteiger partial charge is 0.466 e. The number of unbranched alkanes of at least 4 members (excludes halogenated alkanes) is 11. The van der Waals surface area contributed by atoms with Crippen LogP contribution in [0.2, 0.25) is 0 Å². The van der Waals surface area contributed by atoms with Crippen LogP contribution in [0.5, 0.6) is 0 Å². The van der Waals surface area contributed by atoms with Crippen molar-refractivity contribution in [3.05, 3.63) is 34.3 Å². The fourth-order valence-corrected chi connectivity index (χ4v) is 3.90. The Morgan fingerprint density at radius 1 is 0.742 bits per heavy atom. The van der Waals surface area contributed by atoms with Crippen molar-refractivity contribution >= 4 is 27.9 Å². The van der Waals surface area contributed by atoms with Gasteiger partial charge in [0.1, 0.15) is 0 Å². The van der Waals surface area contributed by atoms with Gasteiger partial charge in [0.25, 0.3) is 0 Å². The van der Waals surface area contributed by atoms with Crippen molar-refractivity contribution in [1.29, 1.82) is 0 Å². The number of hydrogen-bond acceptors (Lipinski definition) is 4. The van der Waals surface area contributed by atoms with Gasteiger partial charge >= 0.3 is 11.9 Å². The molecule has 0 fully saturated rings. The summed E-state index contributed by atoms with van der Waals surface area (Å²) in [6.45, 7) is 3.03. The van der Waals surface area contributed by atoms with Gasteiger partial charge in [-0.1, -0.05) is 106 Å². The van der Waals surface area contributed by atoms with Gasteiger partial charge in [0.05, 0.1) is 26.1 Å². The van der Waals surface area contributed by atoms with Crippen LogP contribution in [0.25, 0.3) is 0 Å². The second-order valence-electron chi connectivity index (χ2n) is 8.21. The van der Waals surface area contributed by atoms with Crippen molar-refractivity contribution in [3.8, 4) is 0 Å². The zero-order valence-corrected chi connectivity index (χ0v) is 20.9. The highest BCUT2D eigenvalue weighted by Crippen LogP contribution is 2.13. The zero-order valence-electron chi connectivity index (χ0n) is 19.3. The van der Waals surface area contributed by atoms with Gasteiger partial charge in [0, 0.05) is 10.9 Å². The summed E-state index contributed by atoms with van der Waals surface area (Å²) in [5.41, 5.74) is 1.10. The zero-order chi connectivity index (χ0) is 22.6. The maximum absolute atomic E-state index is 11.8. The Morgan fingerprint density at radius 3 is 1.81 bits per heavy atom. The van der Waals surface area contributed by atoms with Crippen LogP contribution in [0.3, 0.4) is 0 Å². The lowest BCUT2D eigenvalue weighted by Gasteiger charge is -2.07. The molecule has 31 heavy (non-hydrogen) atoms. The van der Waals surface area contributed by atoms with Crippen molar-refractivity contribution in [3.63, 3.8) is 0 Å². The number of esters is 2.